The lowest BCUT2D eigenvalue weighted by molar-refractivity contribution is 0.497. The summed E-state index contributed by atoms with van der Waals surface area (Å²) in [5, 5.41) is 11.4. The Kier molecular flexibility index (Phi) is 5.10. The van der Waals surface area contributed by atoms with Gasteiger partial charge in [-0.05, 0) is 26.0 Å². The highest BCUT2D eigenvalue weighted by Gasteiger charge is 2.13. The molecule has 104 valence electrons. The smallest absolute Gasteiger partial charge is 0.0943 e. The lowest BCUT2D eigenvalue weighted by Crippen LogP contribution is -2.34. The van der Waals surface area contributed by atoms with Crippen LogP contribution < -0.4 is 5.32 Å². The van der Waals surface area contributed by atoms with E-state index in [1.807, 2.05) is 24.9 Å². The summed E-state index contributed by atoms with van der Waals surface area (Å²) in [4.78, 5) is 4.56. The summed E-state index contributed by atoms with van der Waals surface area (Å²) in [5.41, 5.74) is 2.26. The summed E-state index contributed by atoms with van der Waals surface area (Å²) >= 11 is 1.75. The van der Waals surface area contributed by atoms with E-state index >= 15 is 0 Å². The number of hydrogen-bond acceptors (Lipinski definition) is 4. The Balaban J connectivity index is 1.98. The van der Waals surface area contributed by atoms with Crippen LogP contribution in [0.2, 0.25) is 0 Å². The van der Waals surface area contributed by atoms with Crippen molar-refractivity contribution in [1.82, 2.24) is 20.1 Å². The molecule has 2 heterocycles. The SMILES string of the molecule is CCCNC(Cc1ccn(C)n1)Cc1nc(C)cs1. The van der Waals surface area contributed by atoms with Gasteiger partial charge in [-0.3, -0.25) is 4.68 Å². The topological polar surface area (TPSA) is 42.7 Å². The Labute approximate surface area is 118 Å². The predicted octanol–water partition coefficient (Wildman–Crippen LogP) is 2.34. The monoisotopic (exact) mass is 278 g/mol. The van der Waals surface area contributed by atoms with Gasteiger partial charge in [0.25, 0.3) is 0 Å². The summed E-state index contributed by atoms with van der Waals surface area (Å²) in [7, 11) is 1.96. The van der Waals surface area contributed by atoms with E-state index in [1.54, 1.807) is 11.3 Å². The Morgan fingerprint density at radius 2 is 2.26 bits per heavy atom. The van der Waals surface area contributed by atoms with Crippen LogP contribution in [0, 0.1) is 6.92 Å². The van der Waals surface area contributed by atoms with Crippen LogP contribution in [0.25, 0.3) is 0 Å². The lowest BCUT2D eigenvalue weighted by Gasteiger charge is -2.16. The van der Waals surface area contributed by atoms with Gasteiger partial charge in [-0.2, -0.15) is 5.10 Å². The molecule has 0 amide bonds. The molecule has 0 radical (unpaired) electrons. The molecular formula is C14H22N4S. The second-order valence-corrected chi connectivity index (χ2v) is 5.87. The highest BCUT2D eigenvalue weighted by atomic mass is 32.1. The summed E-state index contributed by atoms with van der Waals surface area (Å²) in [6.45, 7) is 5.29. The Hall–Kier alpha value is -1.20. The molecule has 0 aliphatic rings. The van der Waals surface area contributed by atoms with Gasteiger partial charge >= 0.3 is 0 Å². The van der Waals surface area contributed by atoms with Gasteiger partial charge in [0.05, 0.1) is 10.7 Å². The van der Waals surface area contributed by atoms with Gasteiger partial charge in [0.1, 0.15) is 0 Å². The maximum absolute atomic E-state index is 4.56. The van der Waals surface area contributed by atoms with Crippen molar-refractivity contribution < 1.29 is 0 Å². The van der Waals surface area contributed by atoms with Crippen LogP contribution >= 0.6 is 11.3 Å². The molecule has 5 heteroatoms. The number of rotatable bonds is 7. The Bertz CT molecular complexity index is 461. The number of thiazole rings is 1. The molecule has 2 aromatic rings. The molecular weight excluding hydrogens is 256 g/mol. The number of nitrogens with zero attached hydrogens (tertiary/aromatic N) is 3. The van der Waals surface area contributed by atoms with E-state index in [0.717, 1.165) is 37.2 Å². The molecule has 1 N–H and O–H groups in total. The zero-order valence-corrected chi connectivity index (χ0v) is 12.7. The van der Waals surface area contributed by atoms with Gasteiger partial charge in [0.15, 0.2) is 0 Å². The van der Waals surface area contributed by atoms with E-state index in [9.17, 15) is 0 Å². The molecule has 0 aliphatic heterocycles. The van der Waals surface area contributed by atoms with Crippen LogP contribution in [0.5, 0.6) is 0 Å². The molecule has 2 aromatic heterocycles. The molecule has 0 aromatic carbocycles. The van der Waals surface area contributed by atoms with Crippen molar-refractivity contribution in [3.8, 4) is 0 Å². The van der Waals surface area contributed by atoms with Crippen molar-refractivity contribution >= 4 is 11.3 Å². The molecule has 0 saturated heterocycles. The van der Waals surface area contributed by atoms with Crippen LogP contribution in [-0.2, 0) is 19.9 Å². The van der Waals surface area contributed by atoms with E-state index in [0.29, 0.717) is 6.04 Å². The fraction of sp³-hybridized carbons (Fsp3) is 0.571. The molecule has 1 atom stereocenters. The van der Waals surface area contributed by atoms with E-state index in [-0.39, 0.29) is 0 Å². The maximum atomic E-state index is 4.56. The van der Waals surface area contributed by atoms with Gasteiger partial charge < -0.3 is 5.32 Å². The molecule has 19 heavy (non-hydrogen) atoms. The van der Waals surface area contributed by atoms with Crippen LogP contribution in [-0.4, -0.2) is 27.4 Å². The second kappa shape index (κ2) is 6.82. The average molecular weight is 278 g/mol. The van der Waals surface area contributed by atoms with Gasteiger partial charge in [-0.1, -0.05) is 6.92 Å². The van der Waals surface area contributed by atoms with Gasteiger partial charge in [0, 0.05) is 43.2 Å². The fourth-order valence-corrected chi connectivity index (χ4v) is 2.95. The van der Waals surface area contributed by atoms with Crippen LogP contribution in [0.3, 0.4) is 0 Å². The molecule has 0 bridgehead atoms. The molecule has 0 saturated carbocycles. The van der Waals surface area contributed by atoms with Crippen molar-refractivity contribution in [3.63, 3.8) is 0 Å². The van der Waals surface area contributed by atoms with E-state index in [2.05, 4.69) is 33.8 Å². The zero-order chi connectivity index (χ0) is 13.7. The summed E-state index contributed by atoms with van der Waals surface area (Å²) < 4.78 is 1.86. The first-order chi connectivity index (χ1) is 9.17. The van der Waals surface area contributed by atoms with Crippen LogP contribution in [0.15, 0.2) is 17.6 Å². The minimum atomic E-state index is 0.417. The van der Waals surface area contributed by atoms with Gasteiger partial charge in [-0.25, -0.2) is 4.98 Å². The predicted molar refractivity (Wildman–Crippen MR) is 79.5 cm³/mol. The first-order valence-corrected chi connectivity index (χ1v) is 7.68. The largest absolute Gasteiger partial charge is 0.313 e. The molecule has 0 fully saturated rings. The molecule has 0 spiro atoms. The minimum Gasteiger partial charge on any atom is -0.313 e. The van der Waals surface area contributed by atoms with Crippen molar-refractivity contribution in [2.24, 2.45) is 7.05 Å². The summed E-state index contributed by atoms with van der Waals surface area (Å²) in [6, 6.07) is 2.51. The van der Waals surface area contributed by atoms with Crippen molar-refractivity contribution in [2.45, 2.75) is 39.2 Å². The summed E-state index contributed by atoms with van der Waals surface area (Å²) in [5.74, 6) is 0. The number of aromatic nitrogens is 3. The van der Waals surface area contributed by atoms with Crippen LogP contribution in [0.4, 0.5) is 0 Å². The molecule has 0 aliphatic carbocycles. The average Bonchev–Trinajstić information content (AvgIpc) is 2.95. The number of nitrogens with one attached hydrogen (secondary N) is 1. The second-order valence-electron chi connectivity index (χ2n) is 4.92. The Morgan fingerprint density at radius 3 is 2.84 bits per heavy atom. The third kappa shape index (κ3) is 4.44. The highest BCUT2D eigenvalue weighted by Crippen LogP contribution is 2.13. The lowest BCUT2D eigenvalue weighted by atomic mass is 10.1. The van der Waals surface area contributed by atoms with E-state index < -0.39 is 0 Å². The normalized spacial score (nSPS) is 12.8. The molecule has 2 rings (SSSR count). The molecule has 4 nitrogen and oxygen atoms in total. The van der Waals surface area contributed by atoms with Crippen molar-refractivity contribution in [3.05, 3.63) is 34.0 Å². The minimum absolute atomic E-state index is 0.417. The first-order valence-electron chi connectivity index (χ1n) is 6.80. The van der Waals surface area contributed by atoms with Gasteiger partial charge in [0.2, 0.25) is 0 Å². The third-order valence-corrected chi connectivity index (χ3v) is 3.98. The van der Waals surface area contributed by atoms with Crippen LogP contribution in [0.1, 0.15) is 29.7 Å². The van der Waals surface area contributed by atoms with Crippen molar-refractivity contribution in [1.29, 1.82) is 0 Å². The Morgan fingerprint density at radius 1 is 1.42 bits per heavy atom. The highest BCUT2D eigenvalue weighted by molar-refractivity contribution is 7.09. The quantitative estimate of drug-likeness (QED) is 0.845. The van der Waals surface area contributed by atoms with Crippen molar-refractivity contribution in [2.75, 3.05) is 6.54 Å². The molecule has 1 unspecified atom stereocenters. The fourth-order valence-electron chi connectivity index (χ4n) is 2.10. The standard InChI is InChI=1S/C14H22N4S/c1-4-6-15-13(8-12-5-7-18(3)17-12)9-14-16-11(2)10-19-14/h5,7,10,13,15H,4,6,8-9H2,1-3H3. The van der Waals surface area contributed by atoms with E-state index in [4.69, 9.17) is 0 Å². The zero-order valence-electron chi connectivity index (χ0n) is 11.9. The van der Waals surface area contributed by atoms with E-state index in [1.165, 1.54) is 5.01 Å². The first kappa shape index (κ1) is 14.2. The number of hydrogen-bond donors (Lipinski definition) is 1. The summed E-state index contributed by atoms with van der Waals surface area (Å²) in [6.07, 6.45) is 5.09. The van der Waals surface area contributed by atoms with Gasteiger partial charge in [-0.15, -0.1) is 11.3 Å². The third-order valence-electron chi connectivity index (χ3n) is 2.99. The number of aryl methyl sites for hydroxylation is 2. The maximum Gasteiger partial charge on any atom is 0.0943 e.